The second kappa shape index (κ2) is 10.2. The monoisotopic (exact) mass is 524 g/mol. The zero-order valence-electron chi connectivity index (χ0n) is 20.4. The van der Waals surface area contributed by atoms with Crippen LogP contribution in [-0.2, 0) is 28.5 Å². The van der Waals surface area contributed by atoms with E-state index < -0.39 is 20.8 Å². The van der Waals surface area contributed by atoms with Crippen molar-refractivity contribution < 1.29 is 18.6 Å². The highest BCUT2D eigenvalue weighted by molar-refractivity contribution is 7.90. The van der Waals surface area contributed by atoms with Crippen LogP contribution in [0.4, 0.5) is 0 Å². The molecule has 36 heavy (non-hydrogen) atoms. The van der Waals surface area contributed by atoms with Crippen molar-refractivity contribution in [3.63, 3.8) is 0 Å². The van der Waals surface area contributed by atoms with E-state index in [9.17, 15) is 18.6 Å². The summed E-state index contributed by atoms with van der Waals surface area (Å²) in [7, 11) is -3.65. The van der Waals surface area contributed by atoms with Crippen LogP contribution in [-0.4, -0.2) is 34.4 Å². The molecule has 0 bridgehead atoms. The lowest BCUT2D eigenvalue weighted by Crippen LogP contribution is -2.16. The molecule has 1 unspecified atom stereocenters. The molecule has 0 radical (unpaired) electrons. The zero-order chi connectivity index (χ0) is 26.1. The molecule has 0 saturated heterocycles. The van der Waals surface area contributed by atoms with Gasteiger partial charge in [-0.25, -0.2) is 13.4 Å². The van der Waals surface area contributed by atoms with Gasteiger partial charge in [0.2, 0.25) is 0 Å². The van der Waals surface area contributed by atoms with Crippen molar-refractivity contribution >= 4 is 21.4 Å². The number of aliphatic hydroxyl groups is 2. The van der Waals surface area contributed by atoms with Crippen LogP contribution in [0.3, 0.4) is 0 Å². The van der Waals surface area contributed by atoms with Crippen LogP contribution < -0.4 is 0 Å². The zero-order valence-corrected chi connectivity index (χ0v) is 22.0. The summed E-state index contributed by atoms with van der Waals surface area (Å²) in [5.41, 5.74) is 2.88. The minimum absolute atomic E-state index is 0.0661. The molecule has 0 aliphatic rings. The highest BCUT2D eigenvalue weighted by Gasteiger charge is 2.27. The van der Waals surface area contributed by atoms with Gasteiger partial charge >= 0.3 is 0 Å². The fourth-order valence-corrected chi connectivity index (χ4v) is 5.23. The molecule has 188 valence electrons. The first-order chi connectivity index (χ1) is 17.0. The van der Waals surface area contributed by atoms with Crippen LogP contribution >= 0.6 is 11.6 Å². The van der Waals surface area contributed by atoms with Gasteiger partial charge in [-0.2, -0.15) is 0 Å². The Morgan fingerprint density at radius 2 is 1.61 bits per heavy atom. The quantitative estimate of drug-likeness (QED) is 0.310. The normalized spacial score (nSPS) is 13.1. The molecule has 1 aromatic heterocycles. The molecule has 2 N–H and O–H groups in total. The van der Waals surface area contributed by atoms with Gasteiger partial charge in [0.1, 0.15) is 11.4 Å². The van der Waals surface area contributed by atoms with Crippen LogP contribution in [0, 0.1) is 0 Å². The number of hydrogen-bond donors (Lipinski definition) is 2. The Labute approximate surface area is 216 Å². The van der Waals surface area contributed by atoms with Gasteiger partial charge in [-0.3, -0.25) is 0 Å². The predicted octanol–water partition coefficient (Wildman–Crippen LogP) is 5.19. The summed E-state index contributed by atoms with van der Waals surface area (Å²) in [6, 6.07) is 22.2. The third-order valence-corrected chi connectivity index (χ3v) is 7.46. The maximum atomic E-state index is 12.9. The maximum absolute atomic E-state index is 12.9. The van der Waals surface area contributed by atoms with Crippen LogP contribution in [0.25, 0.3) is 16.8 Å². The molecule has 0 saturated carbocycles. The van der Waals surface area contributed by atoms with Crippen molar-refractivity contribution in [3.05, 3.63) is 102 Å². The summed E-state index contributed by atoms with van der Waals surface area (Å²) in [5, 5.41) is 19.4. The predicted molar refractivity (Wildman–Crippen MR) is 142 cm³/mol. The van der Waals surface area contributed by atoms with Crippen LogP contribution in [0.2, 0.25) is 0 Å². The Balaban J connectivity index is 1.86. The first-order valence-corrected chi connectivity index (χ1v) is 13.8. The summed E-state index contributed by atoms with van der Waals surface area (Å²) in [4.78, 5) is 4.76. The molecule has 8 heteroatoms. The van der Waals surface area contributed by atoms with E-state index in [1.54, 1.807) is 48.9 Å². The van der Waals surface area contributed by atoms with Crippen LogP contribution in [0.15, 0.2) is 83.9 Å². The summed E-state index contributed by atoms with van der Waals surface area (Å²) in [5.74, 6) is 0.447. The number of imidazole rings is 1. The molecule has 6 nitrogen and oxygen atoms in total. The minimum atomic E-state index is -3.65. The van der Waals surface area contributed by atoms with Crippen molar-refractivity contribution in [2.24, 2.45) is 0 Å². The smallest absolute Gasteiger partial charge is 0.177 e. The molecule has 0 aliphatic carbocycles. The molecule has 3 aromatic carbocycles. The highest BCUT2D eigenvalue weighted by Crippen LogP contribution is 2.34. The Morgan fingerprint density at radius 3 is 2.19 bits per heavy atom. The molecular weight excluding hydrogens is 496 g/mol. The van der Waals surface area contributed by atoms with E-state index in [1.165, 1.54) is 6.26 Å². The number of halogens is 1. The van der Waals surface area contributed by atoms with E-state index in [0.29, 0.717) is 23.6 Å². The molecule has 1 heterocycles. The Kier molecular flexibility index (Phi) is 7.38. The summed E-state index contributed by atoms with van der Waals surface area (Å²) in [6.07, 6.45) is 3.30. The van der Waals surface area contributed by atoms with Gasteiger partial charge in [0.25, 0.3) is 0 Å². The third kappa shape index (κ3) is 5.71. The molecule has 0 spiro atoms. The third-order valence-electron chi connectivity index (χ3n) is 5.99. The van der Waals surface area contributed by atoms with Gasteiger partial charge in [-0.05, 0) is 54.7 Å². The van der Waals surface area contributed by atoms with Crippen molar-refractivity contribution in [1.29, 1.82) is 0 Å². The van der Waals surface area contributed by atoms with Crippen molar-refractivity contribution in [1.82, 2.24) is 9.55 Å². The van der Waals surface area contributed by atoms with E-state index in [0.717, 1.165) is 22.3 Å². The largest absolute Gasteiger partial charge is 0.392 e. The lowest BCUT2D eigenvalue weighted by molar-refractivity contribution is 0.0741. The lowest BCUT2D eigenvalue weighted by atomic mass is 10.0. The summed E-state index contributed by atoms with van der Waals surface area (Å²) >= 11 is 6.85. The fraction of sp³-hybridized carbons (Fsp3) is 0.250. The molecule has 4 rings (SSSR count). The number of aliphatic hydroxyl groups excluding tert-OH is 1. The van der Waals surface area contributed by atoms with E-state index in [2.05, 4.69) is 4.98 Å². The van der Waals surface area contributed by atoms with Gasteiger partial charge < -0.3 is 14.8 Å². The summed E-state index contributed by atoms with van der Waals surface area (Å²) in [6.45, 7) is 3.18. The molecule has 1 atom stereocenters. The van der Waals surface area contributed by atoms with Crippen LogP contribution in [0.5, 0.6) is 0 Å². The van der Waals surface area contributed by atoms with Gasteiger partial charge in [0.05, 0.1) is 28.3 Å². The Morgan fingerprint density at radius 1 is 0.972 bits per heavy atom. The number of alkyl halides is 1. The number of rotatable bonds is 8. The van der Waals surface area contributed by atoms with E-state index in [-0.39, 0.29) is 11.5 Å². The fourth-order valence-electron chi connectivity index (χ4n) is 4.01. The standard InChI is InChI=1S/C28H29ClN2O4S/c1-28(2,33)26-17-31(27(30-26)23(29)15-19-7-5-4-6-8-19)24-14-13-22(16-25(24)36(3,34)35)21-11-9-20(18-32)10-12-21/h4-14,16-17,23,32-33H,15,18H2,1-3H3. The van der Waals surface area contributed by atoms with Gasteiger partial charge in [0, 0.05) is 12.5 Å². The maximum Gasteiger partial charge on any atom is 0.177 e. The van der Waals surface area contributed by atoms with Crippen LogP contribution in [0.1, 0.15) is 41.9 Å². The molecule has 0 amide bonds. The lowest BCUT2D eigenvalue weighted by Gasteiger charge is -2.16. The number of aromatic nitrogens is 2. The van der Waals surface area contributed by atoms with Crippen molar-refractivity contribution in [3.8, 4) is 16.8 Å². The Hall–Kier alpha value is -2.97. The van der Waals surface area contributed by atoms with E-state index >= 15 is 0 Å². The highest BCUT2D eigenvalue weighted by atomic mass is 35.5. The van der Waals surface area contributed by atoms with Gasteiger partial charge in [0.15, 0.2) is 9.84 Å². The second-order valence-corrected chi connectivity index (χ2v) is 11.9. The van der Waals surface area contributed by atoms with Crippen molar-refractivity contribution in [2.75, 3.05) is 6.26 Å². The number of nitrogens with zero attached hydrogens (tertiary/aromatic N) is 2. The Bertz CT molecular complexity index is 1460. The number of hydrogen-bond acceptors (Lipinski definition) is 5. The van der Waals surface area contributed by atoms with Gasteiger partial charge in [-0.15, -0.1) is 11.6 Å². The number of sulfone groups is 1. The topological polar surface area (TPSA) is 92.4 Å². The first-order valence-electron chi connectivity index (χ1n) is 11.5. The number of benzene rings is 3. The van der Waals surface area contributed by atoms with Crippen molar-refractivity contribution in [2.45, 2.75) is 42.7 Å². The average Bonchev–Trinajstić information content (AvgIpc) is 3.30. The summed E-state index contributed by atoms with van der Waals surface area (Å²) < 4.78 is 27.5. The van der Waals surface area contributed by atoms with E-state index in [4.69, 9.17) is 11.6 Å². The van der Waals surface area contributed by atoms with E-state index in [1.807, 2.05) is 48.5 Å². The minimum Gasteiger partial charge on any atom is -0.392 e. The average molecular weight is 525 g/mol. The molecular formula is C28H29ClN2O4S. The van der Waals surface area contributed by atoms with Gasteiger partial charge in [-0.1, -0.05) is 60.7 Å². The first kappa shape index (κ1) is 26.1. The SMILES string of the molecule is CC(C)(O)c1cn(-c2ccc(-c3ccc(CO)cc3)cc2S(C)(=O)=O)c(C(Cl)Cc2ccccc2)n1. The molecule has 0 aliphatic heterocycles. The second-order valence-electron chi connectivity index (χ2n) is 9.38. The molecule has 4 aromatic rings. The molecule has 0 fully saturated rings.